The van der Waals surface area contributed by atoms with E-state index in [1.807, 2.05) is 0 Å². The van der Waals surface area contributed by atoms with E-state index < -0.39 is 0 Å². The monoisotopic (exact) mass is 365 g/mol. The van der Waals surface area contributed by atoms with Crippen LogP contribution in [0.25, 0.3) is 0 Å². The van der Waals surface area contributed by atoms with Crippen LogP contribution in [0.4, 0.5) is 0 Å². The van der Waals surface area contributed by atoms with Crippen molar-refractivity contribution in [3.8, 4) is 0 Å². The van der Waals surface area contributed by atoms with Gasteiger partial charge in [-0.1, -0.05) is 26.2 Å². The van der Waals surface area contributed by atoms with Gasteiger partial charge < -0.3 is 5.73 Å². The molecule has 1 saturated carbocycles. The van der Waals surface area contributed by atoms with E-state index in [1.165, 1.54) is 41.5 Å². The molecule has 1 heterocycles. The first-order valence-electron chi connectivity index (χ1n) is 5.73. The Bertz CT molecular complexity index is 369. The third-order valence-electron chi connectivity index (χ3n) is 3.76. The molecule has 2 rings (SSSR count). The van der Waals surface area contributed by atoms with Crippen LogP contribution >= 0.6 is 43.2 Å². The molecule has 16 heavy (non-hydrogen) atoms. The number of nitrogens with two attached hydrogens (primary N) is 1. The molecule has 0 aliphatic heterocycles. The maximum Gasteiger partial charge on any atom is 0.0758 e. The van der Waals surface area contributed by atoms with E-state index in [4.69, 9.17) is 5.73 Å². The largest absolute Gasteiger partial charge is 0.323 e. The fourth-order valence-electron chi connectivity index (χ4n) is 2.61. The number of hydrogen-bond donors (Lipinski definition) is 1. The van der Waals surface area contributed by atoms with Crippen LogP contribution in [0, 0.1) is 5.41 Å². The van der Waals surface area contributed by atoms with E-state index in [-0.39, 0.29) is 11.5 Å². The van der Waals surface area contributed by atoms with Gasteiger partial charge in [0.2, 0.25) is 0 Å². The number of rotatable bonds is 2. The highest BCUT2D eigenvalue weighted by Gasteiger charge is 2.35. The SMILES string of the molecule is CC1(C(N)c2cc(Br)sc2Br)CCCCC1. The summed E-state index contributed by atoms with van der Waals surface area (Å²) in [4.78, 5) is 0. The van der Waals surface area contributed by atoms with Crippen molar-refractivity contribution in [1.82, 2.24) is 0 Å². The van der Waals surface area contributed by atoms with Crippen LogP contribution in [-0.2, 0) is 0 Å². The van der Waals surface area contributed by atoms with Crippen LogP contribution in [0.15, 0.2) is 13.6 Å². The summed E-state index contributed by atoms with van der Waals surface area (Å²) in [6.07, 6.45) is 6.54. The molecule has 0 bridgehead atoms. The Hall–Kier alpha value is 0.620. The van der Waals surface area contributed by atoms with Crippen molar-refractivity contribution in [2.75, 3.05) is 0 Å². The normalized spacial score (nSPS) is 22.0. The summed E-state index contributed by atoms with van der Waals surface area (Å²) in [6.45, 7) is 2.34. The topological polar surface area (TPSA) is 26.0 Å². The molecule has 1 aromatic heterocycles. The Balaban J connectivity index is 2.23. The quantitative estimate of drug-likeness (QED) is 0.760. The van der Waals surface area contributed by atoms with Crippen molar-refractivity contribution >= 4 is 43.2 Å². The van der Waals surface area contributed by atoms with Gasteiger partial charge in [-0.05, 0) is 61.7 Å². The van der Waals surface area contributed by atoms with Crippen molar-refractivity contribution in [3.05, 3.63) is 19.2 Å². The summed E-state index contributed by atoms with van der Waals surface area (Å²) >= 11 is 8.86. The smallest absolute Gasteiger partial charge is 0.0758 e. The minimum atomic E-state index is 0.157. The van der Waals surface area contributed by atoms with Crippen LogP contribution in [0.1, 0.15) is 50.6 Å². The molecule has 1 aliphatic rings. The van der Waals surface area contributed by atoms with Crippen LogP contribution in [0.3, 0.4) is 0 Å². The first-order valence-corrected chi connectivity index (χ1v) is 8.13. The summed E-state index contributed by atoms with van der Waals surface area (Å²) < 4.78 is 2.34. The standard InChI is InChI=1S/C12H17Br2NS/c1-12(5-3-2-4-6-12)10(15)8-7-9(13)16-11(8)14/h7,10H,2-6,15H2,1H3. The molecule has 2 N–H and O–H groups in total. The summed E-state index contributed by atoms with van der Waals surface area (Å²) in [5, 5.41) is 0. The predicted molar refractivity (Wildman–Crippen MR) is 77.8 cm³/mol. The van der Waals surface area contributed by atoms with Gasteiger partial charge in [0.1, 0.15) is 0 Å². The van der Waals surface area contributed by atoms with Gasteiger partial charge in [-0.3, -0.25) is 0 Å². The summed E-state index contributed by atoms with van der Waals surface area (Å²) in [6, 6.07) is 2.32. The van der Waals surface area contributed by atoms with Gasteiger partial charge in [0.25, 0.3) is 0 Å². The maximum absolute atomic E-state index is 6.47. The van der Waals surface area contributed by atoms with Gasteiger partial charge in [-0.15, -0.1) is 11.3 Å². The molecule has 1 aliphatic carbocycles. The molecule has 4 heteroatoms. The zero-order valence-electron chi connectivity index (χ0n) is 9.43. The third kappa shape index (κ3) is 2.55. The molecule has 0 saturated heterocycles. The minimum absolute atomic E-state index is 0.157. The highest BCUT2D eigenvalue weighted by atomic mass is 79.9. The third-order valence-corrected chi connectivity index (χ3v) is 6.15. The lowest BCUT2D eigenvalue weighted by atomic mass is 9.69. The lowest BCUT2D eigenvalue weighted by Crippen LogP contribution is -2.33. The molecule has 0 amide bonds. The fraction of sp³-hybridized carbons (Fsp3) is 0.667. The lowest BCUT2D eigenvalue weighted by molar-refractivity contribution is 0.170. The second kappa shape index (κ2) is 5.09. The Morgan fingerprint density at radius 3 is 2.44 bits per heavy atom. The predicted octanol–water partition coefficient (Wildman–Crippen LogP) is 5.24. The molecular formula is C12H17Br2NS. The molecule has 1 atom stereocenters. The Morgan fingerprint density at radius 1 is 1.31 bits per heavy atom. The van der Waals surface area contributed by atoms with E-state index in [9.17, 15) is 0 Å². The van der Waals surface area contributed by atoms with Gasteiger partial charge in [0.05, 0.1) is 7.57 Å². The molecule has 1 unspecified atom stereocenters. The molecular weight excluding hydrogens is 350 g/mol. The summed E-state index contributed by atoms with van der Waals surface area (Å²) in [5.41, 5.74) is 8.02. The van der Waals surface area contributed by atoms with Crippen molar-refractivity contribution < 1.29 is 0 Å². The molecule has 1 aromatic rings. The molecule has 0 aromatic carbocycles. The Labute approximate surface area is 118 Å². The van der Waals surface area contributed by atoms with E-state index >= 15 is 0 Å². The van der Waals surface area contributed by atoms with Gasteiger partial charge in [0.15, 0.2) is 0 Å². The van der Waals surface area contributed by atoms with E-state index in [1.54, 1.807) is 11.3 Å². The number of halogens is 2. The molecule has 90 valence electrons. The van der Waals surface area contributed by atoms with E-state index in [2.05, 4.69) is 44.8 Å². The maximum atomic E-state index is 6.47. The fourth-order valence-corrected chi connectivity index (χ4v) is 5.54. The van der Waals surface area contributed by atoms with Crippen molar-refractivity contribution in [2.24, 2.45) is 11.1 Å². The van der Waals surface area contributed by atoms with Crippen molar-refractivity contribution in [1.29, 1.82) is 0 Å². The summed E-state index contributed by atoms with van der Waals surface area (Å²) in [5.74, 6) is 0. The zero-order chi connectivity index (χ0) is 11.8. The summed E-state index contributed by atoms with van der Waals surface area (Å²) in [7, 11) is 0. The van der Waals surface area contributed by atoms with E-state index in [0.29, 0.717) is 0 Å². The molecule has 1 nitrogen and oxygen atoms in total. The van der Waals surface area contributed by atoms with E-state index in [0.717, 1.165) is 3.79 Å². The zero-order valence-corrected chi connectivity index (χ0v) is 13.4. The van der Waals surface area contributed by atoms with Gasteiger partial charge in [0, 0.05) is 6.04 Å². The molecule has 1 fully saturated rings. The first-order chi connectivity index (χ1) is 7.53. The van der Waals surface area contributed by atoms with Gasteiger partial charge >= 0.3 is 0 Å². The minimum Gasteiger partial charge on any atom is -0.323 e. The highest BCUT2D eigenvalue weighted by Crippen LogP contribution is 2.47. The Morgan fingerprint density at radius 2 is 1.94 bits per heavy atom. The first kappa shape index (κ1) is 13.1. The average molecular weight is 367 g/mol. The van der Waals surface area contributed by atoms with Crippen molar-refractivity contribution in [2.45, 2.75) is 45.1 Å². The molecule has 0 spiro atoms. The molecule has 0 radical (unpaired) electrons. The lowest BCUT2D eigenvalue weighted by Gasteiger charge is -2.38. The van der Waals surface area contributed by atoms with Crippen molar-refractivity contribution in [3.63, 3.8) is 0 Å². The van der Waals surface area contributed by atoms with Gasteiger partial charge in [-0.2, -0.15) is 0 Å². The second-order valence-electron chi connectivity index (χ2n) is 4.97. The van der Waals surface area contributed by atoms with Crippen LogP contribution in [-0.4, -0.2) is 0 Å². The van der Waals surface area contributed by atoms with Crippen LogP contribution in [0.2, 0.25) is 0 Å². The van der Waals surface area contributed by atoms with Gasteiger partial charge in [-0.25, -0.2) is 0 Å². The second-order valence-corrected chi connectivity index (χ2v) is 8.72. The van der Waals surface area contributed by atoms with Crippen LogP contribution in [0.5, 0.6) is 0 Å². The van der Waals surface area contributed by atoms with Crippen LogP contribution < -0.4 is 5.73 Å². The number of hydrogen-bond acceptors (Lipinski definition) is 2. The highest BCUT2D eigenvalue weighted by molar-refractivity contribution is 9.12. The number of thiophene rings is 1. The average Bonchev–Trinajstić information content (AvgIpc) is 2.58. The Kier molecular flexibility index (Phi) is 4.15.